The molecule has 4 atom stereocenters. The van der Waals surface area contributed by atoms with E-state index >= 15 is 0 Å². The van der Waals surface area contributed by atoms with Crippen LogP contribution in [0.25, 0.3) is 10.8 Å². The molecule has 174 valence electrons. The van der Waals surface area contributed by atoms with Crippen molar-refractivity contribution in [1.82, 2.24) is 0 Å². The molecular weight excluding hydrogens is 432 g/mol. The summed E-state index contributed by atoms with van der Waals surface area (Å²) in [6.07, 6.45) is 2.67. The number of hydrogen-bond acceptors (Lipinski definition) is 6. The van der Waals surface area contributed by atoms with Crippen molar-refractivity contribution in [3.63, 3.8) is 0 Å². The Kier molecular flexibility index (Phi) is 5.60. The van der Waals surface area contributed by atoms with E-state index in [4.69, 9.17) is 14.2 Å². The quantitative estimate of drug-likeness (QED) is 0.296. The first kappa shape index (κ1) is 22.1. The van der Waals surface area contributed by atoms with Gasteiger partial charge in [-0.2, -0.15) is 0 Å². The Balaban J connectivity index is 1.40. The van der Waals surface area contributed by atoms with Gasteiger partial charge >= 0.3 is 17.9 Å². The molecule has 2 heterocycles. The van der Waals surface area contributed by atoms with Crippen molar-refractivity contribution in [3.05, 3.63) is 83.0 Å². The molecule has 34 heavy (non-hydrogen) atoms. The molecule has 2 bridgehead atoms. The van der Waals surface area contributed by atoms with Gasteiger partial charge in [-0.3, -0.25) is 4.79 Å². The second-order valence-corrected chi connectivity index (χ2v) is 9.37. The summed E-state index contributed by atoms with van der Waals surface area (Å²) in [4.78, 5) is 37.6. The van der Waals surface area contributed by atoms with Gasteiger partial charge in [0, 0.05) is 24.0 Å². The van der Waals surface area contributed by atoms with E-state index in [-0.39, 0.29) is 24.5 Å². The molecular formula is C28H26O6. The minimum atomic E-state index is -0.729. The molecule has 5 rings (SSSR count). The van der Waals surface area contributed by atoms with E-state index in [0.717, 1.165) is 21.9 Å². The SMILES string of the molecule is C=C1C(=O)OC2CC3=C[C@@H](C/C(C)=C/[C@@H](OC(=O)Cc4ccc5cc(C)ccc5c4)[C@H]12)OC3=O. The van der Waals surface area contributed by atoms with Crippen molar-refractivity contribution in [2.24, 2.45) is 5.92 Å². The van der Waals surface area contributed by atoms with E-state index in [0.29, 0.717) is 12.0 Å². The highest BCUT2D eigenvalue weighted by molar-refractivity contribution is 5.93. The summed E-state index contributed by atoms with van der Waals surface area (Å²) in [5.41, 5.74) is 3.64. The van der Waals surface area contributed by atoms with Crippen molar-refractivity contribution < 1.29 is 28.6 Å². The van der Waals surface area contributed by atoms with Crippen molar-refractivity contribution in [3.8, 4) is 0 Å². The van der Waals surface area contributed by atoms with Crippen LogP contribution in [0, 0.1) is 12.8 Å². The van der Waals surface area contributed by atoms with Gasteiger partial charge in [0.1, 0.15) is 18.3 Å². The van der Waals surface area contributed by atoms with Gasteiger partial charge in [-0.25, -0.2) is 9.59 Å². The Hall–Kier alpha value is -3.67. The van der Waals surface area contributed by atoms with Crippen LogP contribution in [-0.4, -0.2) is 36.2 Å². The summed E-state index contributed by atoms with van der Waals surface area (Å²) in [5.74, 6) is -1.91. The number of carbonyl (C=O) groups is 3. The summed E-state index contributed by atoms with van der Waals surface area (Å²) < 4.78 is 16.9. The van der Waals surface area contributed by atoms with Crippen LogP contribution >= 0.6 is 0 Å². The predicted octanol–water partition coefficient (Wildman–Crippen LogP) is 4.29. The Morgan fingerprint density at radius 2 is 1.76 bits per heavy atom. The lowest BCUT2D eigenvalue weighted by Crippen LogP contribution is -2.33. The van der Waals surface area contributed by atoms with Gasteiger partial charge in [-0.05, 0) is 42.3 Å². The Labute approximate surface area is 197 Å². The summed E-state index contributed by atoms with van der Waals surface area (Å²) in [5, 5.41) is 2.17. The lowest BCUT2D eigenvalue weighted by Gasteiger charge is -2.26. The number of esters is 3. The molecule has 6 heteroatoms. The van der Waals surface area contributed by atoms with Crippen LogP contribution in [0.4, 0.5) is 0 Å². The van der Waals surface area contributed by atoms with Gasteiger partial charge in [-0.1, -0.05) is 54.1 Å². The van der Waals surface area contributed by atoms with Gasteiger partial charge in [-0.15, -0.1) is 0 Å². The van der Waals surface area contributed by atoms with Crippen LogP contribution in [0.3, 0.4) is 0 Å². The number of hydrogen-bond donors (Lipinski definition) is 0. The summed E-state index contributed by atoms with van der Waals surface area (Å²) in [6.45, 7) is 7.84. The fraction of sp³-hybridized carbons (Fsp3) is 0.321. The lowest BCUT2D eigenvalue weighted by atomic mass is 9.85. The third-order valence-corrected chi connectivity index (χ3v) is 6.65. The van der Waals surface area contributed by atoms with E-state index in [9.17, 15) is 14.4 Å². The fourth-order valence-electron chi connectivity index (χ4n) is 5.00. The number of rotatable bonds is 3. The van der Waals surface area contributed by atoms with Crippen molar-refractivity contribution in [1.29, 1.82) is 0 Å². The molecule has 0 N–H and O–H groups in total. The minimum absolute atomic E-state index is 0.0985. The molecule has 2 aromatic rings. The van der Waals surface area contributed by atoms with E-state index in [1.165, 1.54) is 5.56 Å². The lowest BCUT2D eigenvalue weighted by molar-refractivity contribution is -0.149. The molecule has 3 aliphatic rings. The van der Waals surface area contributed by atoms with Gasteiger partial charge in [0.15, 0.2) is 0 Å². The summed E-state index contributed by atoms with van der Waals surface area (Å²) in [7, 11) is 0. The molecule has 0 spiro atoms. The monoisotopic (exact) mass is 458 g/mol. The zero-order chi connectivity index (χ0) is 24.0. The molecule has 1 saturated heterocycles. The molecule has 0 aromatic heterocycles. The largest absolute Gasteiger partial charge is 0.458 e. The second-order valence-electron chi connectivity index (χ2n) is 9.37. The summed E-state index contributed by atoms with van der Waals surface area (Å²) in [6, 6.07) is 12.1. The maximum absolute atomic E-state index is 13.0. The molecule has 6 nitrogen and oxygen atoms in total. The van der Waals surface area contributed by atoms with E-state index in [1.54, 1.807) is 6.08 Å². The highest BCUT2D eigenvalue weighted by atomic mass is 16.6. The van der Waals surface area contributed by atoms with Crippen LogP contribution in [0.1, 0.15) is 30.9 Å². The van der Waals surface area contributed by atoms with Gasteiger partial charge in [0.25, 0.3) is 0 Å². The van der Waals surface area contributed by atoms with E-state index in [1.807, 2.05) is 50.3 Å². The zero-order valence-corrected chi connectivity index (χ0v) is 19.2. The normalized spacial score (nSPS) is 27.9. The highest BCUT2D eigenvalue weighted by Crippen LogP contribution is 2.38. The van der Waals surface area contributed by atoms with E-state index in [2.05, 4.69) is 12.6 Å². The molecule has 1 aliphatic carbocycles. The third-order valence-electron chi connectivity index (χ3n) is 6.65. The molecule has 0 saturated carbocycles. The van der Waals surface area contributed by atoms with Crippen molar-refractivity contribution >= 4 is 28.7 Å². The molecule has 2 aliphatic heterocycles. The van der Waals surface area contributed by atoms with Crippen LogP contribution in [0.15, 0.2) is 71.8 Å². The van der Waals surface area contributed by atoms with Crippen LogP contribution in [0.2, 0.25) is 0 Å². The fourth-order valence-corrected chi connectivity index (χ4v) is 5.00. The van der Waals surface area contributed by atoms with Gasteiger partial charge < -0.3 is 14.2 Å². The van der Waals surface area contributed by atoms with Gasteiger partial charge in [0.05, 0.1) is 12.3 Å². The summed E-state index contributed by atoms with van der Waals surface area (Å²) >= 11 is 0. The standard InChI is InChI=1S/C28H26O6/c1-15-4-6-20-11-18(5-7-19(20)8-15)12-25(29)33-23-10-16(2)9-22-13-21(28(31)32-22)14-24-26(23)17(3)27(30)34-24/h4-8,10-11,13,22-24,26H,3,9,12,14H2,1-2H3/b16-10+/t22-,23-,24?,26+/m1/s1. The predicted molar refractivity (Wildman–Crippen MR) is 126 cm³/mol. The number of carbonyl (C=O) groups excluding carboxylic acids is 3. The van der Waals surface area contributed by atoms with Crippen molar-refractivity contribution in [2.75, 3.05) is 0 Å². The van der Waals surface area contributed by atoms with Gasteiger partial charge in [0.2, 0.25) is 0 Å². The Morgan fingerprint density at radius 3 is 2.59 bits per heavy atom. The third kappa shape index (κ3) is 4.28. The Bertz CT molecular complexity index is 1280. The first-order valence-corrected chi connectivity index (χ1v) is 11.4. The maximum Gasteiger partial charge on any atom is 0.334 e. The topological polar surface area (TPSA) is 78.9 Å². The minimum Gasteiger partial charge on any atom is -0.458 e. The average molecular weight is 459 g/mol. The molecule has 2 aromatic carbocycles. The smallest absolute Gasteiger partial charge is 0.334 e. The average Bonchev–Trinajstić information content (AvgIpc) is 3.24. The molecule has 0 radical (unpaired) electrons. The number of aryl methyl sites for hydroxylation is 1. The van der Waals surface area contributed by atoms with Crippen LogP contribution < -0.4 is 0 Å². The van der Waals surface area contributed by atoms with Crippen LogP contribution in [-0.2, 0) is 35.0 Å². The molecule has 0 amide bonds. The number of benzene rings is 2. The maximum atomic E-state index is 13.0. The molecule has 1 fully saturated rings. The van der Waals surface area contributed by atoms with Crippen LogP contribution in [0.5, 0.6) is 0 Å². The zero-order valence-electron chi connectivity index (χ0n) is 19.2. The Morgan fingerprint density at radius 1 is 1.00 bits per heavy atom. The first-order chi connectivity index (χ1) is 16.3. The molecule has 1 unspecified atom stereocenters. The van der Waals surface area contributed by atoms with E-state index < -0.39 is 36.0 Å². The number of fused-ring (bicyclic) bond motifs is 3. The first-order valence-electron chi connectivity index (χ1n) is 11.4. The highest BCUT2D eigenvalue weighted by Gasteiger charge is 2.46. The second kappa shape index (κ2) is 8.60. The number of ether oxygens (including phenoxy) is 3. The van der Waals surface area contributed by atoms with Crippen molar-refractivity contribution in [2.45, 2.75) is 51.4 Å².